The number of amides is 4. The molecule has 0 spiro atoms. The average Bonchev–Trinajstić information content (AvgIpc) is 1.60. The second kappa shape index (κ2) is 36.1. The van der Waals surface area contributed by atoms with Crippen molar-refractivity contribution in [1.29, 1.82) is 0 Å². The smallest absolute Gasteiger partial charge is 0.490 e. The molecular formula is C67H76N16O20S2. The van der Waals surface area contributed by atoms with E-state index in [2.05, 4.69) is 58.4 Å². The number of aromatic nitrogens is 6. The molecule has 0 fully saturated rings. The number of H-pyrrole nitrogens is 1. The van der Waals surface area contributed by atoms with Crippen molar-refractivity contribution >= 4 is 115 Å². The number of benzene rings is 3. The van der Waals surface area contributed by atoms with Crippen molar-refractivity contribution < 1.29 is 87.7 Å². The van der Waals surface area contributed by atoms with Gasteiger partial charge in [0, 0.05) is 44.8 Å². The van der Waals surface area contributed by atoms with Crippen LogP contribution < -0.4 is 70.7 Å². The number of carboxylic acids is 4. The predicted molar refractivity (Wildman–Crippen MR) is 379 cm³/mol. The lowest BCUT2D eigenvalue weighted by molar-refractivity contribution is -0.142. The number of aliphatic hydroxyl groups is 1. The quantitative estimate of drug-likeness (QED) is 0.00679. The van der Waals surface area contributed by atoms with E-state index in [4.69, 9.17) is 47.2 Å². The summed E-state index contributed by atoms with van der Waals surface area (Å²) < 4.78 is 18.1. The van der Waals surface area contributed by atoms with Crippen LogP contribution in [0.3, 0.4) is 0 Å². The lowest BCUT2D eigenvalue weighted by Crippen LogP contribution is -2.51. The molecule has 556 valence electrons. The van der Waals surface area contributed by atoms with E-state index in [0.717, 1.165) is 21.4 Å². The summed E-state index contributed by atoms with van der Waals surface area (Å²) in [6, 6.07) is 13.2. The van der Waals surface area contributed by atoms with Crippen molar-refractivity contribution in [1.82, 2.24) is 56.1 Å². The number of ether oxygens (including phenoxy) is 3. The molecule has 3 aromatic carbocycles. The van der Waals surface area contributed by atoms with Crippen LogP contribution in [0.25, 0.3) is 33.5 Å². The van der Waals surface area contributed by atoms with Crippen molar-refractivity contribution in [2.24, 2.45) is 17.2 Å². The first kappa shape index (κ1) is 79.3. The largest absolute Gasteiger partial charge is 0.514 e. The van der Waals surface area contributed by atoms with Crippen LogP contribution in [0.2, 0.25) is 0 Å². The fraction of sp³-hybridized carbons (Fsp3) is 0.343. The fourth-order valence-electron chi connectivity index (χ4n) is 11.0. The van der Waals surface area contributed by atoms with Crippen LogP contribution in [0.4, 0.5) is 16.4 Å². The number of carbonyl (C=O) groups is 10. The van der Waals surface area contributed by atoms with Crippen molar-refractivity contribution in [3.63, 3.8) is 0 Å². The van der Waals surface area contributed by atoms with Crippen LogP contribution in [0.5, 0.6) is 5.75 Å². The van der Waals surface area contributed by atoms with Crippen LogP contribution in [-0.2, 0) is 86.2 Å². The summed E-state index contributed by atoms with van der Waals surface area (Å²) in [6.07, 6.45) is -0.625. The van der Waals surface area contributed by atoms with Crippen molar-refractivity contribution in [3.05, 3.63) is 151 Å². The predicted octanol–water partition coefficient (Wildman–Crippen LogP) is 1.54. The first-order valence-corrected chi connectivity index (χ1v) is 34.7. The maximum absolute atomic E-state index is 13.7. The molecule has 20 N–H and O–H groups in total. The van der Waals surface area contributed by atoms with Gasteiger partial charge in [0.1, 0.15) is 61.0 Å². The second-order valence-electron chi connectivity index (χ2n) is 23.9. The van der Waals surface area contributed by atoms with Gasteiger partial charge in [-0.1, -0.05) is 54.1 Å². The highest BCUT2D eigenvalue weighted by atomic mass is 33.1. The Balaban J connectivity index is 0.000000267. The Kier molecular flexibility index (Phi) is 27.3. The van der Waals surface area contributed by atoms with Gasteiger partial charge in [-0.25, -0.2) is 29.3 Å². The molecule has 6 atom stereocenters. The van der Waals surface area contributed by atoms with Gasteiger partial charge in [0.2, 0.25) is 23.7 Å². The summed E-state index contributed by atoms with van der Waals surface area (Å²) in [4.78, 5) is 166. The van der Waals surface area contributed by atoms with Gasteiger partial charge < -0.3 is 98.6 Å². The molecule has 7 aromatic rings. The zero-order valence-electron chi connectivity index (χ0n) is 56.4. The molecule has 4 amide bonds. The first-order chi connectivity index (χ1) is 50.0. The Morgan fingerprint density at radius 1 is 0.829 bits per heavy atom. The van der Waals surface area contributed by atoms with Gasteiger partial charge in [-0.05, 0) is 110 Å². The molecule has 4 aromatic heterocycles. The summed E-state index contributed by atoms with van der Waals surface area (Å²) in [5, 5.41) is 64.3. The number of nitrogens with one attached hydrogen (secondary N) is 7. The topological polar surface area (TPSA) is 582 Å². The molecule has 0 aliphatic carbocycles. The highest BCUT2D eigenvalue weighted by Gasteiger charge is 2.42. The van der Waals surface area contributed by atoms with Crippen LogP contribution >= 0.6 is 21.6 Å². The maximum atomic E-state index is 13.7. The molecule has 0 radical (unpaired) electrons. The minimum atomic E-state index is -1.56. The van der Waals surface area contributed by atoms with Crippen molar-refractivity contribution in [3.8, 4) is 17.1 Å². The molecule has 2 aliphatic rings. The van der Waals surface area contributed by atoms with E-state index < -0.39 is 121 Å². The van der Waals surface area contributed by atoms with Crippen LogP contribution in [-0.4, -0.2) is 164 Å². The number of nitrogens with two attached hydrogens (primary N) is 4. The molecule has 9 rings (SSSR count). The Morgan fingerprint density at radius 3 is 2.20 bits per heavy atom. The summed E-state index contributed by atoms with van der Waals surface area (Å²) in [5.41, 5.74) is 26.0. The number of anilines is 2. The Bertz CT molecular complexity index is 4600. The first-order valence-electron chi connectivity index (χ1n) is 32.4. The molecule has 0 unspecified atom stereocenters. The molecule has 36 nitrogen and oxygen atoms in total. The minimum Gasteiger partial charge on any atom is -0.490 e. The summed E-state index contributed by atoms with van der Waals surface area (Å²) in [6.45, 7) is 8.45. The zero-order chi connectivity index (χ0) is 76.4. The highest BCUT2D eigenvalue weighted by molar-refractivity contribution is 8.76. The fourth-order valence-corrected chi connectivity index (χ4v) is 13.2. The Labute approximate surface area is 603 Å². The minimum absolute atomic E-state index is 0.0124. The van der Waals surface area contributed by atoms with Gasteiger partial charge >= 0.3 is 30.0 Å². The third-order valence-electron chi connectivity index (χ3n) is 16.5. The lowest BCUT2D eigenvalue weighted by Gasteiger charge is -2.35. The van der Waals surface area contributed by atoms with E-state index in [1.165, 1.54) is 39.9 Å². The van der Waals surface area contributed by atoms with Crippen LogP contribution in [0.1, 0.15) is 103 Å². The summed E-state index contributed by atoms with van der Waals surface area (Å²) in [5.74, 6) is -8.43. The number of carbonyl (C=O) groups excluding carboxylic acids is 6. The standard InChI is InChI=1S/C38H38N4O11S2.C29H38N12O9/c1-4-23-24-12-21(8-11-29(24)40-33-25(23)15-42-31(33)13-27-26(35(42)46)17-51-19(3)38(27,50)5-2)53-37(49)52-16-20-6-9-22(10-7-20)55-54-18-30(36(47)48)41-34(45)28(39)14-32(43)44;30-28(31)33-9-1-2-16(13-42)37-25(47)19(10-21(44)45)38-20(43)8-7-18(27(49)50)39-24(46)14-3-5-15(6-4-14)34-11-17-12-35-23-22(36-17)26(48)41-29(32)40-23/h6-13,28,30,50H,3-5,14-18,39H2,1-2H3,(H,41,45)(H,43,44)(H,47,48);3-6,12-13,16,18-19,28,33-34H,1-2,7-11,30-31H2,(H,37,47)(H,38,43)(H,39,46)(H,44,45)(H,49,50)(H3,32,35,40,41,48)/t28-,30-,38+;16-,18-,19-/m00/s1. The van der Waals surface area contributed by atoms with Gasteiger partial charge in [-0.15, -0.1) is 0 Å². The third-order valence-corrected chi connectivity index (χ3v) is 18.9. The highest BCUT2D eigenvalue weighted by Crippen LogP contribution is 2.43. The molecule has 0 saturated heterocycles. The number of fused-ring (bicyclic) bond motifs is 6. The molecule has 105 heavy (non-hydrogen) atoms. The molecule has 6 heterocycles. The van der Waals surface area contributed by atoms with E-state index in [1.54, 1.807) is 66.1 Å². The molecule has 0 bridgehead atoms. The third kappa shape index (κ3) is 20.9. The normalized spacial score (nSPS) is 14.8. The van der Waals surface area contributed by atoms with Crippen molar-refractivity contribution in [2.45, 2.75) is 139 Å². The number of nitrogens with zero attached hydrogens (tertiary/aromatic N) is 5. The number of aliphatic carboxylic acids is 4. The lowest BCUT2D eigenvalue weighted by atomic mass is 9.84. The van der Waals surface area contributed by atoms with E-state index >= 15 is 0 Å². The molecule has 0 saturated carbocycles. The molecule has 2 aliphatic heterocycles. The number of aromatic amines is 1. The average molecular weight is 1490 g/mol. The van der Waals surface area contributed by atoms with Gasteiger partial charge in [0.15, 0.2) is 11.2 Å². The molecular weight excluding hydrogens is 1410 g/mol. The Morgan fingerprint density at radius 2 is 1.54 bits per heavy atom. The summed E-state index contributed by atoms with van der Waals surface area (Å²) in [7, 11) is 2.44. The molecule has 38 heteroatoms. The zero-order valence-corrected chi connectivity index (χ0v) is 58.0. The number of rotatable bonds is 34. The van der Waals surface area contributed by atoms with Gasteiger partial charge in [0.05, 0.1) is 72.4 Å². The van der Waals surface area contributed by atoms with Crippen LogP contribution in [0.15, 0.2) is 106 Å². The number of hydrogen-bond acceptors (Lipinski definition) is 28. The second-order valence-corrected chi connectivity index (χ2v) is 26.3. The number of pyridine rings is 2. The van der Waals surface area contributed by atoms with E-state index in [9.17, 15) is 78.0 Å². The number of hydrogen-bond donors (Lipinski definition) is 16. The number of nitrogen functional groups attached to an aromatic ring is 1. The van der Waals surface area contributed by atoms with Crippen molar-refractivity contribution in [2.75, 3.05) is 23.3 Å². The van der Waals surface area contributed by atoms with Crippen LogP contribution in [0, 0.1) is 0 Å². The SMILES string of the molecule is C=C1OCc2c(cc3n(c2=O)Cc2c-3nc3ccc(OC(=O)OCc4ccc(SSC[C@H](NC(=O)[C@@H](N)CC(=O)O)C(=O)O)cc4)cc3c2CC)[C@@]1(O)CC.Nc1nc2ncc(CNc3ccc(C(=O)N[C@@H](CCC(=O)N[C@@H](CC(=O)O)C(=O)N[C@H](C=O)CCCNC(N)N)C(=O)O)cc3)nc2c(=O)[nH]1. The van der Waals surface area contributed by atoms with Gasteiger partial charge in [-0.2, -0.15) is 4.98 Å². The monoisotopic (exact) mass is 1490 g/mol. The van der Waals surface area contributed by atoms with E-state index in [0.29, 0.717) is 77.2 Å². The Hall–Kier alpha value is -11.4. The summed E-state index contributed by atoms with van der Waals surface area (Å²) >= 11 is 0. The number of aldehydes is 1. The number of carboxylic acid groups (broad SMARTS) is 4. The maximum Gasteiger partial charge on any atom is 0.514 e. The van der Waals surface area contributed by atoms with E-state index in [1.807, 2.05) is 13.0 Å². The van der Waals surface area contributed by atoms with Gasteiger partial charge in [0.25, 0.3) is 17.0 Å². The number of aryl methyl sites for hydroxylation is 1. The van der Waals surface area contributed by atoms with E-state index in [-0.39, 0.29) is 84.5 Å². The van der Waals surface area contributed by atoms with Gasteiger partial charge in [-0.3, -0.25) is 48.7 Å².